The smallest absolute Gasteiger partial charge is 0.0506 e. The number of rotatable bonds is 2. The van der Waals surface area contributed by atoms with Crippen molar-refractivity contribution < 1.29 is 5.11 Å². The monoisotopic (exact) mass is 296 g/mol. The molecule has 1 aromatic heterocycles. The molecule has 2 aromatic rings. The van der Waals surface area contributed by atoms with Crippen LogP contribution >= 0.6 is 0 Å². The van der Waals surface area contributed by atoms with Crippen LogP contribution in [0.3, 0.4) is 0 Å². The van der Waals surface area contributed by atoms with Crippen molar-refractivity contribution in [2.24, 2.45) is 5.92 Å². The maximum atomic E-state index is 9.59. The summed E-state index contributed by atoms with van der Waals surface area (Å²) in [5, 5.41) is 11.0. The Morgan fingerprint density at radius 1 is 1.32 bits per heavy atom. The summed E-state index contributed by atoms with van der Waals surface area (Å²) in [7, 11) is 2.19. The Labute approximate surface area is 131 Å². The topological polar surface area (TPSA) is 28.4 Å². The first kappa shape index (κ1) is 14.0. The number of fused-ring (bicyclic) bond motifs is 2. The Bertz CT molecular complexity index is 756. The Morgan fingerprint density at radius 3 is 2.86 bits per heavy atom. The maximum absolute atomic E-state index is 9.59. The fourth-order valence-corrected chi connectivity index (χ4v) is 4.22. The lowest BCUT2D eigenvalue weighted by molar-refractivity contribution is 0.181. The van der Waals surface area contributed by atoms with Crippen LogP contribution in [-0.4, -0.2) is 40.8 Å². The number of nitrogens with zero attached hydrogens (tertiary/aromatic N) is 2. The predicted molar refractivity (Wildman–Crippen MR) is 91.0 cm³/mol. The molecule has 0 unspecified atom stereocenters. The first-order valence-electron chi connectivity index (χ1n) is 8.25. The number of aliphatic hydroxyl groups excluding tert-OH is 1. The molecule has 4 rings (SSSR count). The van der Waals surface area contributed by atoms with Gasteiger partial charge in [0.05, 0.1) is 6.61 Å². The summed E-state index contributed by atoms with van der Waals surface area (Å²) in [6.07, 6.45) is 5.74. The van der Waals surface area contributed by atoms with E-state index < -0.39 is 0 Å². The lowest BCUT2D eigenvalue weighted by Crippen LogP contribution is -2.43. The quantitative estimate of drug-likeness (QED) is 0.922. The molecule has 1 aliphatic heterocycles. The van der Waals surface area contributed by atoms with Gasteiger partial charge in [-0.3, -0.25) is 4.90 Å². The summed E-state index contributed by atoms with van der Waals surface area (Å²) in [6, 6.07) is 7.58. The van der Waals surface area contributed by atoms with E-state index in [1.807, 2.05) is 0 Å². The average molecular weight is 296 g/mol. The molecule has 1 N–H and O–H groups in total. The molecule has 0 fully saturated rings. The zero-order valence-corrected chi connectivity index (χ0v) is 13.6. The highest BCUT2D eigenvalue weighted by Gasteiger charge is 2.33. The molecule has 0 saturated carbocycles. The fourth-order valence-electron chi connectivity index (χ4n) is 4.22. The van der Waals surface area contributed by atoms with Crippen LogP contribution in [0.15, 0.2) is 30.5 Å². The normalized spacial score (nSPS) is 24.7. The van der Waals surface area contributed by atoms with E-state index in [1.54, 1.807) is 0 Å². The van der Waals surface area contributed by atoms with Crippen LogP contribution in [0.25, 0.3) is 16.5 Å². The summed E-state index contributed by atoms with van der Waals surface area (Å²) < 4.78 is 2.40. The number of benzene rings is 1. The molecule has 2 heterocycles. The van der Waals surface area contributed by atoms with E-state index in [2.05, 4.69) is 60.8 Å². The average Bonchev–Trinajstić information content (AvgIpc) is 2.89. The number of hydrogen-bond acceptors (Lipinski definition) is 2. The highest BCUT2D eigenvalue weighted by molar-refractivity contribution is 5.98. The molecule has 0 saturated heterocycles. The minimum absolute atomic E-state index is 0.233. The first-order valence-corrected chi connectivity index (χ1v) is 8.25. The molecule has 0 spiro atoms. The summed E-state index contributed by atoms with van der Waals surface area (Å²) in [5.74, 6) is 0.250. The molecule has 22 heavy (non-hydrogen) atoms. The molecular weight excluding hydrogens is 272 g/mol. The Morgan fingerprint density at radius 2 is 2.14 bits per heavy atom. The molecule has 0 radical (unpaired) electrons. The molecule has 116 valence electrons. The predicted octanol–water partition coefficient (Wildman–Crippen LogP) is 3.08. The van der Waals surface area contributed by atoms with Crippen LogP contribution in [0.4, 0.5) is 0 Å². The minimum Gasteiger partial charge on any atom is -0.396 e. The molecule has 3 heteroatoms. The molecule has 3 nitrogen and oxygen atoms in total. The van der Waals surface area contributed by atoms with Gasteiger partial charge in [-0.25, -0.2) is 0 Å². The lowest BCUT2D eigenvalue weighted by Gasteiger charge is -2.39. The molecular formula is C19H24N2O. The lowest BCUT2D eigenvalue weighted by atomic mass is 9.80. The van der Waals surface area contributed by atoms with E-state index in [9.17, 15) is 5.11 Å². The van der Waals surface area contributed by atoms with Crippen LogP contribution in [-0.2, 0) is 6.42 Å². The molecule has 1 aromatic carbocycles. The SMILES string of the molecule is CC(C)n1cc2c3c(cccc31)C1=C[C@@H](CO)CN(C)[C@@H]1C2. The number of hydrogen-bond donors (Lipinski definition) is 1. The molecule has 2 aliphatic rings. The van der Waals surface area contributed by atoms with E-state index in [1.165, 1.54) is 27.6 Å². The zero-order chi connectivity index (χ0) is 15.4. The number of aliphatic hydroxyl groups is 1. The minimum atomic E-state index is 0.233. The Hall–Kier alpha value is -1.58. The number of likely N-dealkylation sites (N-methyl/N-ethyl adjacent to an activating group) is 1. The molecule has 2 atom stereocenters. The van der Waals surface area contributed by atoms with Gasteiger partial charge in [0.2, 0.25) is 0 Å². The number of aromatic nitrogens is 1. The van der Waals surface area contributed by atoms with Crippen molar-refractivity contribution in [2.45, 2.75) is 32.4 Å². The van der Waals surface area contributed by atoms with Gasteiger partial charge in [-0.05, 0) is 50.1 Å². The van der Waals surface area contributed by atoms with Crippen molar-refractivity contribution in [1.29, 1.82) is 0 Å². The fraction of sp³-hybridized carbons (Fsp3) is 0.474. The highest BCUT2D eigenvalue weighted by atomic mass is 16.3. The van der Waals surface area contributed by atoms with Crippen molar-refractivity contribution in [3.8, 4) is 0 Å². The largest absolute Gasteiger partial charge is 0.396 e. The Kier molecular flexibility index (Phi) is 3.17. The van der Waals surface area contributed by atoms with Crippen LogP contribution in [0.1, 0.15) is 31.0 Å². The summed E-state index contributed by atoms with van der Waals surface area (Å²) in [6.45, 7) is 5.67. The summed E-state index contributed by atoms with van der Waals surface area (Å²) >= 11 is 0. The van der Waals surface area contributed by atoms with Gasteiger partial charge in [-0.1, -0.05) is 18.2 Å². The van der Waals surface area contributed by atoms with Crippen LogP contribution < -0.4 is 0 Å². The standard InChI is InChI=1S/C19H24N2O/c1-12(2)21-10-14-8-18-16(7-13(11-22)9-20(18)3)15-5-4-6-17(21)19(14)15/h4-7,10,12-13,18,22H,8-9,11H2,1-3H3/t13-,18-/m1/s1. The third-order valence-corrected chi connectivity index (χ3v) is 5.28. The van der Waals surface area contributed by atoms with Gasteiger partial charge in [-0.15, -0.1) is 0 Å². The van der Waals surface area contributed by atoms with E-state index in [-0.39, 0.29) is 12.5 Å². The van der Waals surface area contributed by atoms with E-state index in [0.717, 1.165) is 13.0 Å². The van der Waals surface area contributed by atoms with Crippen LogP contribution in [0.2, 0.25) is 0 Å². The van der Waals surface area contributed by atoms with Crippen molar-refractivity contribution in [1.82, 2.24) is 9.47 Å². The molecule has 0 amide bonds. The molecule has 0 bridgehead atoms. The van der Waals surface area contributed by atoms with E-state index >= 15 is 0 Å². The van der Waals surface area contributed by atoms with Gasteiger partial charge < -0.3 is 9.67 Å². The second-order valence-electron chi connectivity index (χ2n) is 7.08. The van der Waals surface area contributed by atoms with Gasteiger partial charge in [-0.2, -0.15) is 0 Å². The van der Waals surface area contributed by atoms with Gasteiger partial charge >= 0.3 is 0 Å². The van der Waals surface area contributed by atoms with Crippen LogP contribution in [0, 0.1) is 5.92 Å². The second kappa shape index (κ2) is 4.97. The van der Waals surface area contributed by atoms with Crippen molar-refractivity contribution in [2.75, 3.05) is 20.2 Å². The van der Waals surface area contributed by atoms with Crippen molar-refractivity contribution in [3.05, 3.63) is 41.6 Å². The van der Waals surface area contributed by atoms with Gasteiger partial charge in [0.25, 0.3) is 0 Å². The third kappa shape index (κ3) is 1.89. The third-order valence-electron chi connectivity index (χ3n) is 5.28. The van der Waals surface area contributed by atoms with Gasteiger partial charge in [0.15, 0.2) is 0 Å². The summed E-state index contributed by atoms with van der Waals surface area (Å²) in [5.41, 5.74) is 5.59. The van der Waals surface area contributed by atoms with Crippen LogP contribution in [0.5, 0.6) is 0 Å². The first-order chi connectivity index (χ1) is 10.6. The van der Waals surface area contributed by atoms with Gasteiger partial charge in [0.1, 0.15) is 0 Å². The van der Waals surface area contributed by atoms with Crippen molar-refractivity contribution in [3.63, 3.8) is 0 Å². The van der Waals surface area contributed by atoms with E-state index in [0.29, 0.717) is 12.1 Å². The maximum Gasteiger partial charge on any atom is 0.0506 e. The van der Waals surface area contributed by atoms with Crippen molar-refractivity contribution >= 4 is 16.5 Å². The zero-order valence-electron chi connectivity index (χ0n) is 13.6. The van der Waals surface area contributed by atoms with Gasteiger partial charge in [0, 0.05) is 41.6 Å². The highest BCUT2D eigenvalue weighted by Crippen LogP contribution is 2.42. The second-order valence-corrected chi connectivity index (χ2v) is 7.08. The van der Waals surface area contributed by atoms with E-state index in [4.69, 9.17) is 0 Å². The molecule has 1 aliphatic carbocycles. The Balaban J connectivity index is 1.97. The summed E-state index contributed by atoms with van der Waals surface area (Å²) in [4.78, 5) is 2.41.